The van der Waals surface area contributed by atoms with Gasteiger partial charge in [0, 0.05) is 23.3 Å². The summed E-state index contributed by atoms with van der Waals surface area (Å²) in [6, 6.07) is 5.90. The van der Waals surface area contributed by atoms with Crippen LogP contribution in [0.2, 0.25) is 0 Å². The van der Waals surface area contributed by atoms with Crippen molar-refractivity contribution >= 4 is 0 Å². The van der Waals surface area contributed by atoms with E-state index in [0.29, 0.717) is 36.7 Å². The first kappa shape index (κ1) is 23.0. The Morgan fingerprint density at radius 1 is 1.13 bits per heavy atom. The molecular formula is C26H42N2O3. The summed E-state index contributed by atoms with van der Waals surface area (Å²) in [6.07, 6.45) is 8.38. The SMILES string of the molecule is CC.CC12CCC3c4ccc(O)cc4CCC3(N)C1[C@@H](CCCCN)CC21OCCO1. The summed E-state index contributed by atoms with van der Waals surface area (Å²) in [4.78, 5) is 0. The summed E-state index contributed by atoms with van der Waals surface area (Å²) in [5.74, 6) is 1.14. The number of hydrogen-bond donors (Lipinski definition) is 3. The van der Waals surface area contributed by atoms with Gasteiger partial charge in [-0.05, 0) is 80.2 Å². The predicted molar refractivity (Wildman–Crippen MR) is 124 cm³/mol. The molecule has 1 aromatic rings. The second-order valence-electron chi connectivity index (χ2n) is 10.2. The molecule has 1 aliphatic heterocycles. The molecule has 5 rings (SSSR count). The van der Waals surface area contributed by atoms with Gasteiger partial charge in [0.15, 0.2) is 5.79 Å². The fraction of sp³-hybridized carbons (Fsp3) is 0.769. The quantitative estimate of drug-likeness (QED) is 0.614. The third-order valence-corrected chi connectivity index (χ3v) is 8.85. The van der Waals surface area contributed by atoms with Crippen molar-refractivity contribution in [2.45, 2.75) is 89.4 Å². The molecule has 1 aromatic carbocycles. The molecule has 4 aliphatic rings. The van der Waals surface area contributed by atoms with Crippen molar-refractivity contribution in [2.24, 2.45) is 28.7 Å². The van der Waals surface area contributed by atoms with E-state index in [1.807, 2.05) is 26.0 Å². The number of ether oxygens (including phenoxy) is 2. The molecule has 0 radical (unpaired) electrons. The van der Waals surface area contributed by atoms with Crippen LogP contribution in [0.25, 0.3) is 0 Å². The zero-order valence-electron chi connectivity index (χ0n) is 19.7. The van der Waals surface area contributed by atoms with Crippen molar-refractivity contribution in [3.05, 3.63) is 29.3 Å². The Kier molecular flexibility index (Phi) is 6.43. The second-order valence-corrected chi connectivity index (χ2v) is 10.2. The summed E-state index contributed by atoms with van der Waals surface area (Å²) in [5.41, 5.74) is 15.6. The van der Waals surface area contributed by atoms with Crippen LogP contribution in [0.15, 0.2) is 18.2 Å². The van der Waals surface area contributed by atoms with Gasteiger partial charge in [-0.1, -0.05) is 33.3 Å². The molecule has 3 aliphatic carbocycles. The van der Waals surface area contributed by atoms with E-state index in [1.54, 1.807) is 0 Å². The summed E-state index contributed by atoms with van der Waals surface area (Å²) in [7, 11) is 0. The third kappa shape index (κ3) is 3.43. The number of phenolic OH excluding ortho intramolecular Hbond substituents is 1. The van der Waals surface area contributed by atoms with Gasteiger partial charge in [0.05, 0.1) is 13.2 Å². The van der Waals surface area contributed by atoms with Gasteiger partial charge in [0.1, 0.15) is 5.75 Å². The van der Waals surface area contributed by atoms with Gasteiger partial charge in [-0.25, -0.2) is 0 Å². The van der Waals surface area contributed by atoms with E-state index in [2.05, 4.69) is 13.0 Å². The van der Waals surface area contributed by atoms with E-state index in [1.165, 1.54) is 11.1 Å². The van der Waals surface area contributed by atoms with Crippen LogP contribution in [-0.2, 0) is 15.9 Å². The van der Waals surface area contributed by atoms with Crippen molar-refractivity contribution in [3.8, 4) is 5.75 Å². The van der Waals surface area contributed by atoms with Crippen LogP contribution >= 0.6 is 0 Å². The summed E-state index contributed by atoms with van der Waals surface area (Å²) in [5, 5.41) is 9.97. The van der Waals surface area contributed by atoms with Gasteiger partial charge in [0.25, 0.3) is 0 Å². The van der Waals surface area contributed by atoms with Crippen LogP contribution in [-0.4, -0.2) is 36.2 Å². The van der Waals surface area contributed by atoms with Gasteiger partial charge in [-0.2, -0.15) is 0 Å². The molecule has 1 heterocycles. The largest absolute Gasteiger partial charge is 0.508 e. The van der Waals surface area contributed by atoms with E-state index in [4.69, 9.17) is 20.9 Å². The lowest BCUT2D eigenvalue weighted by Crippen LogP contribution is -2.64. The summed E-state index contributed by atoms with van der Waals surface area (Å²) >= 11 is 0. The normalized spacial score (nSPS) is 37.5. The minimum Gasteiger partial charge on any atom is -0.508 e. The smallest absolute Gasteiger partial charge is 0.174 e. The second kappa shape index (κ2) is 8.66. The molecule has 2 saturated carbocycles. The number of aromatic hydroxyl groups is 1. The molecule has 5 nitrogen and oxygen atoms in total. The van der Waals surface area contributed by atoms with Crippen LogP contribution in [0.1, 0.15) is 82.8 Å². The van der Waals surface area contributed by atoms with Crippen LogP contribution in [0, 0.1) is 17.3 Å². The number of fused-ring (bicyclic) bond motifs is 6. The van der Waals surface area contributed by atoms with E-state index in [0.717, 1.165) is 57.9 Å². The average Bonchev–Trinajstić information content (AvgIpc) is 3.34. The molecule has 3 fully saturated rings. The van der Waals surface area contributed by atoms with Crippen LogP contribution in [0.5, 0.6) is 5.75 Å². The Bertz CT molecular complexity index is 778. The number of hydrogen-bond acceptors (Lipinski definition) is 5. The highest BCUT2D eigenvalue weighted by Crippen LogP contribution is 2.69. The van der Waals surface area contributed by atoms with Crippen molar-refractivity contribution in [3.63, 3.8) is 0 Å². The topological polar surface area (TPSA) is 90.7 Å². The number of rotatable bonds is 4. The Labute approximate surface area is 187 Å². The first-order chi connectivity index (χ1) is 14.9. The number of benzene rings is 1. The fourth-order valence-corrected chi connectivity index (χ4v) is 7.76. The highest BCUT2D eigenvalue weighted by Gasteiger charge is 2.71. The predicted octanol–water partition coefficient (Wildman–Crippen LogP) is 4.45. The maximum absolute atomic E-state index is 9.97. The molecule has 1 spiro atoms. The highest BCUT2D eigenvalue weighted by molar-refractivity contribution is 5.43. The highest BCUT2D eigenvalue weighted by atomic mass is 16.7. The number of nitrogens with two attached hydrogens (primary N) is 2. The van der Waals surface area contributed by atoms with Crippen molar-refractivity contribution in [2.75, 3.05) is 19.8 Å². The molecule has 31 heavy (non-hydrogen) atoms. The molecule has 0 aromatic heterocycles. The Morgan fingerprint density at radius 2 is 1.87 bits per heavy atom. The molecule has 4 unspecified atom stereocenters. The molecule has 5 N–H and O–H groups in total. The van der Waals surface area contributed by atoms with Crippen LogP contribution in [0.3, 0.4) is 0 Å². The van der Waals surface area contributed by atoms with Crippen LogP contribution < -0.4 is 11.5 Å². The first-order valence-electron chi connectivity index (χ1n) is 12.5. The van der Waals surface area contributed by atoms with E-state index >= 15 is 0 Å². The lowest BCUT2D eigenvalue weighted by molar-refractivity contribution is -0.238. The lowest BCUT2D eigenvalue weighted by Gasteiger charge is -2.59. The maximum Gasteiger partial charge on any atom is 0.174 e. The molecule has 174 valence electrons. The molecule has 5 atom stereocenters. The Balaban J connectivity index is 0.00000112. The van der Waals surface area contributed by atoms with E-state index in [9.17, 15) is 5.11 Å². The van der Waals surface area contributed by atoms with E-state index in [-0.39, 0.29) is 11.0 Å². The summed E-state index contributed by atoms with van der Waals surface area (Å²) < 4.78 is 12.8. The Morgan fingerprint density at radius 3 is 2.58 bits per heavy atom. The Hall–Kier alpha value is -1.14. The zero-order valence-corrected chi connectivity index (χ0v) is 19.7. The average molecular weight is 431 g/mol. The van der Waals surface area contributed by atoms with Gasteiger partial charge in [0.2, 0.25) is 0 Å². The number of aryl methyl sites for hydroxylation is 1. The standard InChI is InChI=1S/C24H36N2O3.C2H6/c1-22-9-8-20-19-6-5-18(27)14-16(19)7-10-23(20,26)21(22)17(4-2-3-11-25)15-24(22)28-12-13-29-24;1-2/h5-6,14,17,20-21,27H,2-4,7-13,15,25-26H2,1H3;1-2H3/t17-,20?,21?,22?,23?;/m0./s1. The molecule has 1 saturated heterocycles. The molecule has 0 amide bonds. The van der Waals surface area contributed by atoms with Crippen molar-refractivity contribution in [1.82, 2.24) is 0 Å². The molecule has 0 bridgehead atoms. The zero-order chi connectivity index (χ0) is 22.3. The number of unbranched alkanes of at least 4 members (excludes halogenated alkanes) is 1. The maximum atomic E-state index is 9.97. The van der Waals surface area contributed by atoms with Crippen molar-refractivity contribution in [1.29, 1.82) is 0 Å². The fourth-order valence-electron chi connectivity index (χ4n) is 7.76. The molecular weight excluding hydrogens is 388 g/mol. The third-order valence-electron chi connectivity index (χ3n) is 8.85. The van der Waals surface area contributed by atoms with Crippen molar-refractivity contribution < 1.29 is 14.6 Å². The minimum atomic E-state index is -0.461. The first-order valence-corrected chi connectivity index (χ1v) is 12.5. The van der Waals surface area contributed by atoms with Crippen LogP contribution in [0.4, 0.5) is 0 Å². The minimum absolute atomic E-state index is 0.0451. The lowest BCUT2D eigenvalue weighted by atomic mass is 9.49. The van der Waals surface area contributed by atoms with Gasteiger partial charge in [-0.3, -0.25) is 0 Å². The number of phenols is 1. The van der Waals surface area contributed by atoms with E-state index < -0.39 is 5.79 Å². The van der Waals surface area contributed by atoms with Gasteiger partial charge in [-0.15, -0.1) is 0 Å². The van der Waals surface area contributed by atoms with Gasteiger partial charge >= 0.3 is 0 Å². The van der Waals surface area contributed by atoms with Gasteiger partial charge < -0.3 is 26.0 Å². The summed E-state index contributed by atoms with van der Waals surface area (Å²) in [6.45, 7) is 8.53. The molecule has 5 heteroatoms. The monoisotopic (exact) mass is 430 g/mol.